The molecule has 108 valence electrons. The van der Waals surface area contributed by atoms with Gasteiger partial charge in [0.2, 0.25) is 11.6 Å². The largest absolute Gasteiger partial charge is 0.507 e. The Balaban J connectivity index is 2.07. The number of hydrogen-bond donors (Lipinski definition) is 1. The first-order valence-electron chi connectivity index (χ1n) is 7.06. The molecular formula is C17H11NO4. The van der Waals surface area contributed by atoms with Gasteiger partial charge in [0.05, 0.1) is 11.1 Å². The SMILES string of the molecule is O=C1c2cccc(O)c2C(=O)c2c1ncc1c2C(=O)CCC1. The van der Waals surface area contributed by atoms with E-state index >= 15 is 0 Å². The minimum atomic E-state index is -0.498. The topological polar surface area (TPSA) is 84.3 Å². The van der Waals surface area contributed by atoms with Crippen LogP contribution in [0.25, 0.3) is 0 Å². The smallest absolute Gasteiger partial charge is 0.213 e. The number of rotatable bonds is 0. The molecule has 2 aromatic rings. The molecule has 1 aromatic heterocycles. The van der Waals surface area contributed by atoms with Gasteiger partial charge >= 0.3 is 0 Å². The van der Waals surface area contributed by atoms with E-state index in [9.17, 15) is 19.5 Å². The van der Waals surface area contributed by atoms with E-state index in [1.165, 1.54) is 24.4 Å². The Labute approximate surface area is 125 Å². The predicted molar refractivity (Wildman–Crippen MR) is 76.5 cm³/mol. The van der Waals surface area contributed by atoms with Gasteiger partial charge < -0.3 is 5.11 Å². The van der Waals surface area contributed by atoms with Crippen molar-refractivity contribution in [1.82, 2.24) is 4.98 Å². The molecule has 0 radical (unpaired) electrons. The van der Waals surface area contributed by atoms with E-state index < -0.39 is 11.6 Å². The number of benzene rings is 1. The summed E-state index contributed by atoms with van der Waals surface area (Å²) in [6.45, 7) is 0. The zero-order valence-corrected chi connectivity index (χ0v) is 11.5. The van der Waals surface area contributed by atoms with Gasteiger partial charge in [-0.1, -0.05) is 6.07 Å². The second-order valence-corrected chi connectivity index (χ2v) is 5.52. The van der Waals surface area contributed by atoms with Crippen LogP contribution < -0.4 is 0 Å². The summed E-state index contributed by atoms with van der Waals surface area (Å²) >= 11 is 0. The van der Waals surface area contributed by atoms with Gasteiger partial charge in [-0.2, -0.15) is 0 Å². The lowest BCUT2D eigenvalue weighted by Crippen LogP contribution is -2.27. The van der Waals surface area contributed by atoms with Crippen LogP contribution in [-0.4, -0.2) is 27.4 Å². The molecule has 4 rings (SSSR count). The molecule has 22 heavy (non-hydrogen) atoms. The van der Waals surface area contributed by atoms with Crippen LogP contribution >= 0.6 is 0 Å². The van der Waals surface area contributed by atoms with Gasteiger partial charge in [-0.3, -0.25) is 19.4 Å². The highest BCUT2D eigenvalue weighted by Crippen LogP contribution is 2.36. The van der Waals surface area contributed by atoms with Crippen molar-refractivity contribution in [2.45, 2.75) is 19.3 Å². The molecule has 0 saturated carbocycles. The van der Waals surface area contributed by atoms with Gasteiger partial charge in [0.25, 0.3) is 0 Å². The van der Waals surface area contributed by atoms with E-state index in [0.717, 1.165) is 6.42 Å². The van der Waals surface area contributed by atoms with Crippen molar-refractivity contribution >= 4 is 17.3 Å². The summed E-state index contributed by atoms with van der Waals surface area (Å²) in [5.74, 6) is -1.31. The maximum Gasteiger partial charge on any atom is 0.213 e. The Morgan fingerprint density at radius 3 is 2.59 bits per heavy atom. The van der Waals surface area contributed by atoms with E-state index in [1.807, 2.05) is 0 Å². The van der Waals surface area contributed by atoms with Crippen LogP contribution in [0.4, 0.5) is 0 Å². The molecule has 0 aliphatic heterocycles. The fraction of sp³-hybridized carbons (Fsp3) is 0.176. The van der Waals surface area contributed by atoms with E-state index in [2.05, 4.69) is 4.98 Å². The lowest BCUT2D eigenvalue weighted by Gasteiger charge is -2.23. The second-order valence-electron chi connectivity index (χ2n) is 5.52. The van der Waals surface area contributed by atoms with Gasteiger partial charge in [-0.05, 0) is 30.5 Å². The van der Waals surface area contributed by atoms with Crippen LogP contribution in [0.2, 0.25) is 0 Å². The number of hydrogen-bond acceptors (Lipinski definition) is 5. The van der Waals surface area contributed by atoms with Gasteiger partial charge in [-0.15, -0.1) is 0 Å². The predicted octanol–water partition coefficient (Wildman–Crippen LogP) is 2.08. The maximum absolute atomic E-state index is 12.8. The highest BCUT2D eigenvalue weighted by Gasteiger charge is 2.37. The molecule has 0 saturated heterocycles. The zero-order valence-electron chi connectivity index (χ0n) is 11.5. The van der Waals surface area contributed by atoms with Gasteiger partial charge in [-0.25, -0.2) is 0 Å². The van der Waals surface area contributed by atoms with Crippen molar-refractivity contribution in [2.24, 2.45) is 0 Å². The van der Waals surface area contributed by atoms with Crippen LogP contribution in [0.1, 0.15) is 60.7 Å². The highest BCUT2D eigenvalue weighted by atomic mass is 16.3. The van der Waals surface area contributed by atoms with Crippen molar-refractivity contribution < 1.29 is 19.5 Å². The van der Waals surface area contributed by atoms with Crippen molar-refractivity contribution in [3.8, 4) is 5.75 Å². The van der Waals surface area contributed by atoms with Crippen molar-refractivity contribution in [1.29, 1.82) is 0 Å². The fourth-order valence-corrected chi connectivity index (χ4v) is 3.24. The minimum absolute atomic E-state index is 0.0112. The quantitative estimate of drug-likeness (QED) is 0.686. The van der Waals surface area contributed by atoms with Crippen molar-refractivity contribution in [2.75, 3.05) is 0 Å². The van der Waals surface area contributed by atoms with Crippen molar-refractivity contribution in [3.05, 3.63) is 57.9 Å². The Kier molecular flexibility index (Phi) is 2.54. The number of aryl methyl sites for hydroxylation is 1. The number of phenols is 1. The van der Waals surface area contributed by atoms with E-state index in [1.54, 1.807) is 0 Å². The van der Waals surface area contributed by atoms with Gasteiger partial charge in [0.1, 0.15) is 11.4 Å². The standard InChI is InChI=1S/C17H11NO4/c19-10-5-1-3-8-7-18-15-14(12(8)10)17(22)13-9(16(15)21)4-2-6-11(13)20/h2,4,6-7,20H,1,3,5H2. The summed E-state index contributed by atoms with van der Waals surface area (Å²) in [6.07, 6.45) is 3.26. The van der Waals surface area contributed by atoms with Crippen molar-refractivity contribution in [3.63, 3.8) is 0 Å². The molecule has 0 unspecified atom stereocenters. The first-order valence-corrected chi connectivity index (χ1v) is 7.06. The molecule has 5 heteroatoms. The number of nitrogens with zero attached hydrogens (tertiary/aromatic N) is 1. The van der Waals surface area contributed by atoms with E-state index in [0.29, 0.717) is 24.0 Å². The summed E-state index contributed by atoms with van der Waals surface area (Å²) in [4.78, 5) is 41.7. The van der Waals surface area contributed by atoms with E-state index in [4.69, 9.17) is 0 Å². The Morgan fingerprint density at radius 2 is 1.77 bits per heavy atom. The number of ketones is 3. The molecule has 2 aliphatic carbocycles. The molecule has 0 atom stereocenters. The van der Waals surface area contributed by atoms with Crippen LogP contribution in [0.3, 0.4) is 0 Å². The average molecular weight is 293 g/mol. The molecule has 2 aliphatic rings. The number of fused-ring (bicyclic) bond motifs is 4. The minimum Gasteiger partial charge on any atom is -0.507 e. The number of Topliss-reactive ketones (excluding diaryl/α,β-unsaturated/α-hetero) is 1. The summed E-state index contributed by atoms with van der Waals surface area (Å²) in [5.41, 5.74) is 1.18. The molecule has 0 bridgehead atoms. The number of pyridine rings is 1. The van der Waals surface area contributed by atoms with Gasteiger partial charge in [0, 0.05) is 23.7 Å². The molecule has 1 N–H and O–H groups in total. The molecule has 0 spiro atoms. The van der Waals surface area contributed by atoms with Crippen LogP contribution in [0.15, 0.2) is 24.4 Å². The third-order valence-electron chi connectivity index (χ3n) is 4.24. The summed E-state index contributed by atoms with van der Waals surface area (Å²) in [7, 11) is 0. The molecule has 0 amide bonds. The molecule has 1 aromatic carbocycles. The van der Waals surface area contributed by atoms with Crippen LogP contribution in [0, 0.1) is 0 Å². The molecule has 1 heterocycles. The summed E-state index contributed by atoms with van der Waals surface area (Å²) < 4.78 is 0. The number of aromatic nitrogens is 1. The second kappa shape index (κ2) is 4.34. The lowest BCUT2D eigenvalue weighted by molar-refractivity contribution is 0.0945. The maximum atomic E-state index is 12.8. The monoisotopic (exact) mass is 293 g/mol. The van der Waals surface area contributed by atoms with E-state index in [-0.39, 0.29) is 33.9 Å². The van der Waals surface area contributed by atoms with Gasteiger partial charge in [0.15, 0.2) is 5.78 Å². The Bertz CT molecular complexity index is 882. The van der Waals surface area contributed by atoms with Crippen LogP contribution in [-0.2, 0) is 6.42 Å². The Hall–Kier alpha value is -2.82. The lowest BCUT2D eigenvalue weighted by atomic mass is 9.79. The molecule has 5 nitrogen and oxygen atoms in total. The average Bonchev–Trinajstić information content (AvgIpc) is 2.52. The third-order valence-corrected chi connectivity index (χ3v) is 4.24. The fourth-order valence-electron chi connectivity index (χ4n) is 3.24. The summed E-state index contributed by atoms with van der Waals surface area (Å²) in [5, 5.41) is 9.96. The number of phenolic OH excluding ortho intramolecular Hbond substituents is 1. The summed E-state index contributed by atoms with van der Waals surface area (Å²) in [6, 6.07) is 4.36. The first kappa shape index (κ1) is 12.9. The zero-order chi connectivity index (χ0) is 15.4. The first-order chi connectivity index (χ1) is 10.6. The van der Waals surface area contributed by atoms with Crippen LogP contribution in [0.5, 0.6) is 5.75 Å². The number of carbonyl (C=O) groups is 3. The Morgan fingerprint density at radius 1 is 0.955 bits per heavy atom. The number of carbonyl (C=O) groups excluding carboxylic acids is 3. The number of aromatic hydroxyl groups is 1. The normalized spacial score (nSPS) is 16.1. The molecule has 0 fully saturated rings. The third kappa shape index (κ3) is 1.53. The highest BCUT2D eigenvalue weighted by molar-refractivity contribution is 6.31. The molecular weight excluding hydrogens is 282 g/mol.